The zero-order valence-electron chi connectivity index (χ0n) is 19.8. The summed E-state index contributed by atoms with van der Waals surface area (Å²) in [6, 6.07) is 11.9. The van der Waals surface area contributed by atoms with Crippen LogP contribution in [0.1, 0.15) is 11.1 Å². The molecule has 0 radical (unpaired) electrons. The molecule has 0 spiro atoms. The quantitative estimate of drug-likeness (QED) is 0.229. The molecular formula is C26H18BrCl3N2O6. The smallest absolute Gasteiger partial charge is 0.336 e. The highest BCUT2D eigenvalue weighted by molar-refractivity contribution is 9.10. The molecule has 4 rings (SSSR count). The van der Waals surface area contributed by atoms with Crippen LogP contribution in [0.15, 0.2) is 58.6 Å². The lowest BCUT2D eigenvalue weighted by Gasteiger charge is -2.28. The van der Waals surface area contributed by atoms with Crippen molar-refractivity contribution >= 4 is 80.3 Å². The first-order valence-electron chi connectivity index (χ1n) is 10.8. The Morgan fingerprint density at radius 3 is 2.32 bits per heavy atom. The van der Waals surface area contributed by atoms with Gasteiger partial charge in [-0.25, -0.2) is 9.69 Å². The number of amides is 4. The molecule has 1 saturated heterocycles. The molecule has 0 aromatic heterocycles. The number of carbonyl (C=O) groups is 3. The molecule has 4 amide bonds. The third-order valence-corrected chi connectivity index (χ3v) is 6.84. The average Bonchev–Trinajstić information content (AvgIpc) is 2.87. The minimum Gasteiger partial charge on any atom is -0.495 e. The van der Waals surface area contributed by atoms with E-state index >= 15 is 0 Å². The molecule has 1 aliphatic rings. The van der Waals surface area contributed by atoms with Gasteiger partial charge in [-0.1, -0.05) is 56.8 Å². The fourth-order valence-corrected chi connectivity index (χ4v) is 4.68. The fraction of sp³-hybridized carbons (Fsp3) is 0.115. The zero-order chi connectivity index (χ0) is 27.6. The summed E-state index contributed by atoms with van der Waals surface area (Å²) in [5.74, 6) is -1.06. The number of hydrogen-bond acceptors (Lipinski definition) is 6. The maximum absolute atomic E-state index is 13.5. The number of benzene rings is 3. The Bertz CT molecular complexity index is 1490. The lowest BCUT2D eigenvalue weighted by Crippen LogP contribution is -2.54. The van der Waals surface area contributed by atoms with Crippen LogP contribution in [0.2, 0.25) is 15.1 Å². The van der Waals surface area contributed by atoms with Crippen LogP contribution in [-0.4, -0.2) is 32.1 Å². The van der Waals surface area contributed by atoms with Crippen molar-refractivity contribution in [1.82, 2.24) is 5.32 Å². The number of halogens is 4. The van der Waals surface area contributed by atoms with Crippen molar-refractivity contribution in [1.29, 1.82) is 0 Å². The molecule has 0 bridgehead atoms. The van der Waals surface area contributed by atoms with Crippen molar-refractivity contribution in [2.75, 3.05) is 19.1 Å². The molecule has 0 aliphatic carbocycles. The van der Waals surface area contributed by atoms with E-state index in [-0.39, 0.29) is 34.4 Å². The summed E-state index contributed by atoms with van der Waals surface area (Å²) in [4.78, 5) is 39.8. The minimum absolute atomic E-state index is 0.0396. The molecule has 8 nitrogen and oxygen atoms in total. The number of rotatable bonds is 7. The number of ether oxygens (including phenoxy) is 3. The van der Waals surface area contributed by atoms with Crippen molar-refractivity contribution in [3.63, 3.8) is 0 Å². The SMILES string of the molecule is COc1cc(N2C(=O)NC(=O)/C(=C\c3cc(Br)ccc3OCc3ccc(Cl)cc3Cl)C2=O)c(OC)cc1Cl. The van der Waals surface area contributed by atoms with Crippen LogP contribution in [0.25, 0.3) is 6.08 Å². The number of anilines is 1. The second kappa shape index (κ2) is 11.7. The predicted octanol–water partition coefficient (Wildman–Crippen LogP) is 6.67. The highest BCUT2D eigenvalue weighted by Gasteiger charge is 2.39. The number of hydrogen-bond donors (Lipinski definition) is 1. The zero-order valence-corrected chi connectivity index (χ0v) is 23.7. The summed E-state index contributed by atoms with van der Waals surface area (Å²) < 4.78 is 17.2. The van der Waals surface area contributed by atoms with Crippen LogP contribution in [-0.2, 0) is 16.2 Å². The van der Waals surface area contributed by atoms with E-state index in [0.717, 1.165) is 4.90 Å². The monoisotopic (exact) mass is 638 g/mol. The van der Waals surface area contributed by atoms with Gasteiger partial charge in [0.25, 0.3) is 11.8 Å². The highest BCUT2D eigenvalue weighted by Crippen LogP contribution is 2.39. The van der Waals surface area contributed by atoms with Crippen LogP contribution in [0.4, 0.5) is 10.5 Å². The van der Waals surface area contributed by atoms with Crippen LogP contribution in [0.3, 0.4) is 0 Å². The second-order valence-electron chi connectivity index (χ2n) is 7.82. The first-order chi connectivity index (χ1) is 18.1. The first kappa shape index (κ1) is 27.8. The summed E-state index contributed by atoms with van der Waals surface area (Å²) in [6.07, 6.45) is 1.33. The van der Waals surface area contributed by atoms with Gasteiger partial charge in [0.2, 0.25) is 0 Å². The van der Waals surface area contributed by atoms with Crippen molar-refractivity contribution in [3.8, 4) is 17.2 Å². The van der Waals surface area contributed by atoms with E-state index < -0.39 is 17.8 Å². The average molecular weight is 641 g/mol. The van der Waals surface area contributed by atoms with Gasteiger partial charge in [-0.2, -0.15) is 0 Å². The lowest BCUT2D eigenvalue weighted by atomic mass is 10.1. The lowest BCUT2D eigenvalue weighted by molar-refractivity contribution is -0.122. The molecular weight excluding hydrogens is 623 g/mol. The van der Waals surface area contributed by atoms with Gasteiger partial charge in [0.05, 0.1) is 24.9 Å². The summed E-state index contributed by atoms with van der Waals surface area (Å²) >= 11 is 21.8. The van der Waals surface area contributed by atoms with Crippen LogP contribution < -0.4 is 24.4 Å². The Hall–Kier alpha value is -3.24. The number of barbiturate groups is 1. The van der Waals surface area contributed by atoms with Crippen molar-refractivity contribution < 1.29 is 28.6 Å². The minimum atomic E-state index is -0.956. The van der Waals surface area contributed by atoms with Crippen LogP contribution in [0, 0.1) is 0 Å². The van der Waals surface area contributed by atoms with Gasteiger partial charge in [-0.15, -0.1) is 0 Å². The van der Waals surface area contributed by atoms with Gasteiger partial charge in [0, 0.05) is 37.8 Å². The Morgan fingerprint density at radius 1 is 0.895 bits per heavy atom. The van der Waals surface area contributed by atoms with Gasteiger partial charge in [0.1, 0.15) is 29.4 Å². The van der Waals surface area contributed by atoms with E-state index in [4.69, 9.17) is 49.0 Å². The Labute approximate surface area is 241 Å². The third-order valence-electron chi connectivity index (χ3n) is 5.47. The number of carbonyl (C=O) groups excluding carboxylic acids is 3. The Morgan fingerprint density at radius 2 is 1.63 bits per heavy atom. The van der Waals surface area contributed by atoms with E-state index in [1.54, 1.807) is 36.4 Å². The number of nitrogens with zero attached hydrogens (tertiary/aromatic N) is 1. The maximum Gasteiger partial charge on any atom is 0.336 e. The largest absolute Gasteiger partial charge is 0.495 e. The third kappa shape index (κ3) is 5.76. The van der Waals surface area contributed by atoms with Crippen LogP contribution >= 0.6 is 50.7 Å². The van der Waals surface area contributed by atoms with Crippen molar-refractivity contribution in [3.05, 3.63) is 84.8 Å². The summed E-state index contributed by atoms with van der Waals surface area (Å²) in [7, 11) is 2.74. The van der Waals surface area contributed by atoms with Gasteiger partial charge in [-0.3, -0.25) is 14.9 Å². The molecule has 38 heavy (non-hydrogen) atoms. The fourth-order valence-electron chi connectivity index (χ4n) is 3.61. The van der Waals surface area contributed by atoms with Gasteiger partial charge in [-0.05, 0) is 36.4 Å². The number of urea groups is 1. The van der Waals surface area contributed by atoms with Crippen LogP contribution in [0.5, 0.6) is 17.2 Å². The molecule has 0 unspecified atom stereocenters. The summed E-state index contributed by atoms with van der Waals surface area (Å²) in [5.41, 5.74) is 0.813. The number of nitrogens with one attached hydrogen (secondary N) is 1. The second-order valence-corrected chi connectivity index (χ2v) is 9.99. The van der Waals surface area contributed by atoms with E-state index in [2.05, 4.69) is 21.2 Å². The van der Waals surface area contributed by atoms with Gasteiger partial charge < -0.3 is 14.2 Å². The standard InChI is InChI=1S/C26H18BrCl3N2O6/c1-36-22-11-20(23(37-2)10-19(22)30)32-25(34)17(24(33)31-26(32)35)8-14-7-15(27)4-6-21(14)38-12-13-3-5-16(28)9-18(13)29/h3-11H,12H2,1-2H3,(H,31,33,35)/b17-8+. The molecule has 3 aromatic rings. The van der Waals surface area contributed by atoms with Crippen molar-refractivity contribution in [2.45, 2.75) is 6.61 Å². The predicted molar refractivity (Wildman–Crippen MR) is 148 cm³/mol. The molecule has 12 heteroatoms. The Balaban J connectivity index is 1.73. The number of imide groups is 2. The summed E-state index contributed by atoms with van der Waals surface area (Å²) in [5, 5.41) is 3.31. The topological polar surface area (TPSA) is 94.2 Å². The maximum atomic E-state index is 13.5. The van der Waals surface area contributed by atoms with Gasteiger partial charge in [0.15, 0.2) is 0 Å². The van der Waals surface area contributed by atoms with Gasteiger partial charge >= 0.3 is 6.03 Å². The molecule has 0 saturated carbocycles. The Kier molecular flexibility index (Phi) is 8.52. The molecule has 1 N–H and O–H groups in total. The highest BCUT2D eigenvalue weighted by atomic mass is 79.9. The number of methoxy groups -OCH3 is 2. The molecule has 1 fully saturated rings. The van der Waals surface area contributed by atoms with E-state index in [1.165, 1.54) is 32.4 Å². The molecule has 196 valence electrons. The molecule has 3 aromatic carbocycles. The van der Waals surface area contributed by atoms with Crippen molar-refractivity contribution in [2.24, 2.45) is 0 Å². The molecule has 0 atom stereocenters. The normalized spacial score (nSPS) is 14.5. The first-order valence-corrected chi connectivity index (χ1v) is 12.7. The van der Waals surface area contributed by atoms with E-state index in [9.17, 15) is 14.4 Å². The van der Waals surface area contributed by atoms with E-state index in [0.29, 0.717) is 31.4 Å². The summed E-state index contributed by atoms with van der Waals surface area (Å²) in [6.45, 7) is 0.0975. The molecule has 1 heterocycles. The molecule has 1 aliphatic heterocycles. The van der Waals surface area contributed by atoms with E-state index in [1.807, 2.05) is 0 Å².